The summed E-state index contributed by atoms with van der Waals surface area (Å²) in [7, 11) is 0. The molecule has 0 unspecified atom stereocenters. The van der Waals surface area contributed by atoms with Crippen LogP contribution in [0.15, 0.2) is 65.7 Å². The van der Waals surface area contributed by atoms with E-state index in [0.29, 0.717) is 15.8 Å². The van der Waals surface area contributed by atoms with Gasteiger partial charge in [-0.1, -0.05) is 49.1 Å². The van der Waals surface area contributed by atoms with Crippen LogP contribution in [0.3, 0.4) is 0 Å². The zero-order chi connectivity index (χ0) is 22.7. The van der Waals surface area contributed by atoms with E-state index in [4.69, 9.17) is 22.1 Å². The van der Waals surface area contributed by atoms with Crippen LogP contribution in [0, 0.1) is 0 Å². The molecule has 1 aromatic heterocycles. The zero-order valence-corrected chi connectivity index (χ0v) is 20.0. The summed E-state index contributed by atoms with van der Waals surface area (Å²) in [6.45, 7) is 6.65. The van der Waals surface area contributed by atoms with Gasteiger partial charge in [0.1, 0.15) is 10.1 Å². The molecular formula is C25H25N3O2S2. The maximum Gasteiger partial charge on any atom is 0.266 e. The number of rotatable bonds is 7. The Bertz CT molecular complexity index is 1150. The van der Waals surface area contributed by atoms with E-state index in [1.807, 2.05) is 85.4 Å². The van der Waals surface area contributed by atoms with Gasteiger partial charge in [-0.05, 0) is 62.7 Å². The molecule has 0 radical (unpaired) electrons. The minimum Gasteiger partial charge on any atom is -0.494 e. The van der Waals surface area contributed by atoms with Gasteiger partial charge < -0.3 is 4.74 Å². The molecule has 1 amide bonds. The molecule has 0 spiro atoms. The fourth-order valence-corrected chi connectivity index (χ4v) is 4.94. The molecule has 0 saturated carbocycles. The normalized spacial score (nSPS) is 16.1. The van der Waals surface area contributed by atoms with Crippen LogP contribution in [-0.4, -0.2) is 37.6 Å². The van der Waals surface area contributed by atoms with E-state index < -0.39 is 0 Å². The molecule has 2 heterocycles. The van der Waals surface area contributed by atoms with Crippen LogP contribution in [0.25, 0.3) is 23.0 Å². The lowest BCUT2D eigenvalue weighted by molar-refractivity contribution is -0.123. The Labute approximate surface area is 198 Å². The number of benzene rings is 2. The van der Waals surface area contributed by atoms with Crippen molar-refractivity contribution in [2.45, 2.75) is 33.2 Å². The number of amides is 1. The first kappa shape index (κ1) is 22.3. The van der Waals surface area contributed by atoms with Crippen molar-refractivity contribution in [3.8, 4) is 22.7 Å². The number of thiocarbonyl (C=S) groups is 1. The minimum absolute atomic E-state index is 0.0422. The van der Waals surface area contributed by atoms with Gasteiger partial charge in [-0.3, -0.25) is 9.69 Å². The largest absolute Gasteiger partial charge is 0.494 e. The molecule has 7 heteroatoms. The van der Waals surface area contributed by atoms with Crippen LogP contribution < -0.4 is 4.74 Å². The van der Waals surface area contributed by atoms with Crippen LogP contribution in [0.1, 0.15) is 32.8 Å². The molecule has 0 aliphatic carbocycles. The second-order valence-electron chi connectivity index (χ2n) is 7.48. The van der Waals surface area contributed by atoms with Crippen molar-refractivity contribution >= 4 is 40.3 Å². The first-order chi connectivity index (χ1) is 15.5. The Hall–Kier alpha value is -2.90. The third-order valence-electron chi connectivity index (χ3n) is 5.34. The molecule has 1 aliphatic heterocycles. The van der Waals surface area contributed by atoms with Crippen LogP contribution in [-0.2, 0) is 4.79 Å². The van der Waals surface area contributed by atoms with E-state index in [1.54, 1.807) is 4.90 Å². The predicted molar refractivity (Wildman–Crippen MR) is 135 cm³/mol. The summed E-state index contributed by atoms with van der Waals surface area (Å²) in [4.78, 5) is 15.4. The number of hydrogen-bond acceptors (Lipinski definition) is 5. The van der Waals surface area contributed by atoms with Gasteiger partial charge in [0.05, 0.1) is 22.9 Å². The fourth-order valence-electron chi connectivity index (χ4n) is 3.49. The first-order valence-electron chi connectivity index (χ1n) is 10.7. The molecule has 1 atom stereocenters. The standard InChI is InChI=1S/C25H25N3O2S2/c1-4-17(3)28-24(29)22(32-25(28)31)15-19-16-27(20-9-7-6-8-10-20)26-23(19)18-11-13-21(14-12-18)30-5-2/h6-17H,4-5H2,1-3H3/b22-15-/t17-/m0/s1. The monoisotopic (exact) mass is 463 g/mol. The summed E-state index contributed by atoms with van der Waals surface area (Å²) >= 11 is 6.84. The topological polar surface area (TPSA) is 47.4 Å². The van der Waals surface area contributed by atoms with Crippen molar-refractivity contribution < 1.29 is 9.53 Å². The molecule has 4 rings (SSSR count). The van der Waals surface area contributed by atoms with Crippen molar-refractivity contribution in [1.82, 2.24) is 14.7 Å². The highest BCUT2D eigenvalue weighted by molar-refractivity contribution is 8.26. The summed E-state index contributed by atoms with van der Waals surface area (Å²) in [6, 6.07) is 17.9. The molecule has 5 nitrogen and oxygen atoms in total. The van der Waals surface area contributed by atoms with Gasteiger partial charge in [-0.2, -0.15) is 5.10 Å². The highest BCUT2D eigenvalue weighted by Crippen LogP contribution is 2.36. The number of carbonyl (C=O) groups is 1. The number of nitrogens with zero attached hydrogens (tertiary/aromatic N) is 3. The van der Waals surface area contributed by atoms with Crippen molar-refractivity contribution in [2.75, 3.05) is 6.61 Å². The third kappa shape index (κ3) is 4.49. The minimum atomic E-state index is -0.0422. The third-order valence-corrected chi connectivity index (χ3v) is 6.67. The molecule has 32 heavy (non-hydrogen) atoms. The van der Waals surface area contributed by atoms with Gasteiger partial charge in [0.15, 0.2) is 0 Å². The number of carbonyl (C=O) groups excluding carboxylic acids is 1. The smallest absolute Gasteiger partial charge is 0.266 e. The fraction of sp³-hybridized carbons (Fsp3) is 0.240. The van der Waals surface area contributed by atoms with Crippen LogP contribution in [0.5, 0.6) is 5.75 Å². The lowest BCUT2D eigenvalue weighted by Gasteiger charge is -2.21. The Kier molecular flexibility index (Phi) is 6.77. The molecule has 1 saturated heterocycles. The zero-order valence-electron chi connectivity index (χ0n) is 18.3. The van der Waals surface area contributed by atoms with Crippen molar-refractivity contribution in [3.63, 3.8) is 0 Å². The van der Waals surface area contributed by atoms with Gasteiger partial charge >= 0.3 is 0 Å². The van der Waals surface area contributed by atoms with Crippen LogP contribution in [0.4, 0.5) is 0 Å². The lowest BCUT2D eigenvalue weighted by atomic mass is 10.1. The van der Waals surface area contributed by atoms with Gasteiger partial charge in [0.2, 0.25) is 0 Å². The van der Waals surface area contributed by atoms with E-state index in [-0.39, 0.29) is 11.9 Å². The Morgan fingerprint density at radius 1 is 1.12 bits per heavy atom. The quantitative estimate of drug-likeness (QED) is 0.321. The van der Waals surface area contributed by atoms with Crippen LogP contribution in [0.2, 0.25) is 0 Å². The molecule has 164 valence electrons. The maximum atomic E-state index is 13.1. The summed E-state index contributed by atoms with van der Waals surface area (Å²) < 4.78 is 8.02. The van der Waals surface area contributed by atoms with Crippen molar-refractivity contribution in [1.29, 1.82) is 0 Å². The molecule has 0 N–H and O–H groups in total. The summed E-state index contributed by atoms with van der Waals surface area (Å²) in [5, 5.41) is 4.85. The molecule has 1 fully saturated rings. The number of aromatic nitrogens is 2. The number of thioether (sulfide) groups is 1. The first-order valence-corrected chi connectivity index (χ1v) is 11.9. The Morgan fingerprint density at radius 2 is 1.84 bits per heavy atom. The number of hydrogen-bond donors (Lipinski definition) is 0. The van der Waals surface area contributed by atoms with Crippen molar-refractivity contribution in [3.05, 3.63) is 71.3 Å². The molecule has 2 aromatic carbocycles. The highest BCUT2D eigenvalue weighted by atomic mass is 32.2. The Balaban J connectivity index is 1.77. The van der Waals surface area contributed by atoms with Gasteiger partial charge in [-0.15, -0.1) is 0 Å². The molecule has 1 aliphatic rings. The van der Waals surface area contributed by atoms with Crippen LogP contribution >= 0.6 is 24.0 Å². The summed E-state index contributed by atoms with van der Waals surface area (Å²) in [6.07, 6.45) is 4.71. The molecular weight excluding hydrogens is 438 g/mol. The second kappa shape index (κ2) is 9.71. The highest BCUT2D eigenvalue weighted by Gasteiger charge is 2.35. The van der Waals surface area contributed by atoms with E-state index in [1.165, 1.54) is 11.8 Å². The maximum absolute atomic E-state index is 13.1. The lowest BCUT2D eigenvalue weighted by Crippen LogP contribution is -2.36. The van der Waals surface area contributed by atoms with Crippen molar-refractivity contribution in [2.24, 2.45) is 0 Å². The number of ether oxygens (including phenoxy) is 1. The SMILES string of the molecule is CCOc1ccc(-c2nn(-c3ccccc3)cc2/C=C2\SC(=S)N([C@@H](C)CC)C2=O)cc1. The van der Waals surface area contributed by atoms with Gasteiger partial charge in [0.25, 0.3) is 5.91 Å². The van der Waals surface area contributed by atoms with E-state index in [2.05, 4.69) is 6.92 Å². The predicted octanol–water partition coefficient (Wildman–Crippen LogP) is 5.94. The molecule has 0 bridgehead atoms. The Morgan fingerprint density at radius 3 is 2.50 bits per heavy atom. The second-order valence-corrected chi connectivity index (χ2v) is 9.16. The van der Waals surface area contributed by atoms with Gasteiger partial charge in [-0.25, -0.2) is 4.68 Å². The van der Waals surface area contributed by atoms with E-state index in [9.17, 15) is 4.79 Å². The summed E-state index contributed by atoms with van der Waals surface area (Å²) in [5.41, 5.74) is 3.56. The molecule has 3 aromatic rings. The average Bonchev–Trinajstić information content (AvgIpc) is 3.35. The average molecular weight is 464 g/mol. The van der Waals surface area contributed by atoms with E-state index >= 15 is 0 Å². The van der Waals surface area contributed by atoms with Gasteiger partial charge in [0, 0.05) is 23.4 Å². The van der Waals surface area contributed by atoms with E-state index in [0.717, 1.165) is 34.7 Å². The number of para-hydroxylation sites is 1. The summed E-state index contributed by atoms with van der Waals surface area (Å²) in [5.74, 6) is 0.772.